The first-order chi connectivity index (χ1) is 14.5. The number of nitrogens with one attached hydrogen (secondary N) is 1. The smallest absolute Gasteiger partial charge is 0.315 e. The fraction of sp³-hybridized carbons (Fsp3) is 0.318. The number of esters is 1. The third-order valence-electron chi connectivity index (χ3n) is 4.51. The molecule has 1 unspecified atom stereocenters. The predicted molar refractivity (Wildman–Crippen MR) is 118 cm³/mol. The third kappa shape index (κ3) is 7.93. The van der Waals surface area contributed by atoms with Crippen LogP contribution in [0.5, 0.6) is 0 Å². The summed E-state index contributed by atoms with van der Waals surface area (Å²) in [5.74, 6) is -1.75. The van der Waals surface area contributed by atoms with Crippen molar-refractivity contribution >= 4 is 27.0 Å². The SMILES string of the molecule is NC(=O)[C@H](Cc1ccccc1)N(CCNCP)C(=O)CC(=O)OCc1ccccc1. The summed E-state index contributed by atoms with van der Waals surface area (Å²) in [5.41, 5.74) is 7.33. The van der Waals surface area contributed by atoms with Crippen molar-refractivity contribution in [2.45, 2.75) is 25.5 Å². The number of rotatable bonds is 12. The number of nitrogens with zero attached hydrogens (tertiary/aromatic N) is 1. The van der Waals surface area contributed by atoms with Crippen LogP contribution in [0.3, 0.4) is 0 Å². The van der Waals surface area contributed by atoms with Gasteiger partial charge in [-0.25, -0.2) is 0 Å². The van der Waals surface area contributed by atoms with E-state index in [1.807, 2.05) is 60.7 Å². The van der Waals surface area contributed by atoms with E-state index in [0.717, 1.165) is 11.1 Å². The Kier molecular flexibility index (Phi) is 9.98. The van der Waals surface area contributed by atoms with Crippen LogP contribution in [0.1, 0.15) is 17.5 Å². The number of benzene rings is 2. The minimum Gasteiger partial charge on any atom is -0.460 e. The molecule has 2 aromatic carbocycles. The number of primary amides is 1. The molecule has 0 aromatic heterocycles. The summed E-state index contributed by atoms with van der Waals surface area (Å²) in [6.07, 6.45) is 0.467. The van der Waals surface area contributed by atoms with Gasteiger partial charge in [-0.2, -0.15) is 0 Å². The van der Waals surface area contributed by atoms with Crippen molar-refractivity contribution in [3.63, 3.8) is 0 Å². The quantitative estimate of drug-likeness (QED) is 0.230. The highest BCUT2D eigenvalue weighted by Gasteiger charge is 2.29. The molecule has 2 aromatic rings. The first kappa shape index (κ1) is 23.5. The van der Waals surface area contributed by atoms with Crippen LogP contribution in [-0.2, 0) is 32.1 Å². The highest BCUT2D eigenvalue weighted by Crippen LogP contribution is 2.12. The van der Waals surface area contributed by atoms with Gasteiger partial charge in [0.2, 0.25) is 11.8 Å². The molecule has 0 aliphatic heterocycles. The molecule has 0 bridgehead atoms. The van der Waals surface area contributed by atoms with E-state index in [0.29, 0.717) is 12.8 Å². The van der Waals surface area contributed by atoms with E-state index in [1.54, 1.807) is 0 Å². The maximum Gasteiger partial charge on any atom is 0.315 e. The fourth-order valence-electron chi connectivity index (χ4n) is 2.97. The molecule has 2 amide bonds. The zero-order valence-corrected chi connectivity index (χ0v) is 18.0. The Labute approximate surface area is 179 Å². The highest BCUT2D eigenvalue weighted by atomic mass is 31.0. The Balaban J connectivity index is 2.05. The summed E-state index contributed by atoms with van der Waals surface area (Å²) >= 11 is 0. The molecule has 30 heavy (non-hydrogen) atoms. The third-order valence-corrected chi connectivity index (χ3v) is 4.80. The lowest BCUT2D eigenvalue weighted by molar-refractivity contribution is -0.152. The number of carbonyl (C=O) groups is 3. The second-order valence-corrected chi connectivity index (χ2v) is 7.13. The Hall–Kier alpha value is -2.76. The molecule has 0 spiro atoms. The van der Waals surface area contributed by atoms with Gasteiger partial charge in [0.1, 0.15) is 19.1 Å². The van der Waals surface area contributed by atoms with Gasteiger partial charge in [-0.3, -0.25) is 14.4 Å². The van der Waals surface area contributed by atoms with Crippen molar-refractivity contribution in [3.05, 3.63) is 71.8 Å². The summed E-state index contributed by atoms with van der Waals surface area (Å²) in [4.78, 5) is 38.6. The van der Waals surface area contributed by atoms with E-state index < -0.39 is 30.2 Å². The van der Waals surface area contributed by atoms with Gasteiger partial charge in [-0.1, -0.05) is 60.7 Å². The standard InChI is InChI=1S/C22H28N3O4P/c23-22(28)19(13-17-7-3-1-4-8-17)25(12-11-24-16-30)20(26)14-21(27)29-15-18-9-5-2-6-10-18/h1-10,19,24H,11-16,30H2,(H2,23,28)/t19-/m0/s1. The minimum absolute atomic E-state index is 0.0881. The van der Waals surface area contributed by atoms with Crippen LogP contribution in [0, 0.1) is 0 Å². The number of carbonyl (C=O) groups excluding carboxylic acids is 3. The molecule has 0 radical (unpaired) electrons. The lowest BCUT2D eigenvalue weighted by Crippen LogP contribution is -2.51. The molecule has 2 atom stereocenters. The lowest BCUT2D eigenvalue weighted by Gasteiger charge is -2.30. The summed E-state index contributed by atoms with van der Waals surface area (Å²) in [5, 5.41) is 3.09. The number of ether oxygens (including phenoxy) is 1. The minimum atomic E-state index is -0.854. The summed E-state index contributed by atoms with van der Waals surface area (Å²) < 4.78 is 5.21. The van der Waals surface area contributed by atoms with E-state index in [1.165, 1.54) is 4.90 Å². The number of hydrogen-bond donors (Lipinski definition) is 2. The first-order valence-electron chi connectivity index (χ1n) is 9.74. The van der Waals surface area contributed by atoms with Crippen LogP contribution >= 0.6 is 9.24 Å². The van der Waals surface area contributed by atoms with Gasteiger partial charge >= 0.3 is 5.97 Å². The maximum atomic E-state index is 12.9. The van der Waals surface area contributed by atoms with E-state index in [9.17, 15) is 14.4 Å². The predicted octanol–water partition coefficient (Wildman–Crippen LogP) is 1.47. The van der Waals surface area contributed by atoms with Crippen molar-refractivity contribution in [2.24, 2.45) is 5.73 Å². The first-order valence-corrected chi connectivity index (χ1v) is 10.6. The molecule has 0 saturated heterocycles. The van der Waals surface area contributed by atoms with Crippen molar-refractivity contribution < 1.29 is 19.1 Å². The van der Waals surface area contributed by atoms with Crippen LogP contribution < -0.4 is 11.1 Å². The topological polar surface area (TPSA) is 102 Å². The molecule has 7 nitrogen and oxygen atoms in total. The fourth-order valence-corrected chi connectivity index (χ4v) is 3.18. The molecule has 2 rings (SSSR count). The van der Waals surface area contributed by atoms with Gasteiger partial charge < -0.3 is 20.7 Å². The Morgan fingerprint density at radius 1 is 1.00 bits per heavy atom. The molecule has 0 aliphatic rings. The lowest BCUT2D eigenvalue weighted by atomic mass is 10.0. The monoisotopic (exact) mass is 429 g/mol. The van der Waals surface area contributed by atoms with Crippen LogP contribution in [-0.4, -0.2) is 48.1 Å². The van der Waals surface area contributed by atoms with Gasteiger partial charge in [0.25, 0.3) is 0 Å². The van der Waals surface area contributed by atoms with Gasteiger partial charge in [0.05, 0.1) is 0 Å². The normalized spacial score (nSPS) is 11.5. The van der Waals surface area contributed by atoms with Crippen molar-refractivity contribution in [1.82, 2.24) is 10.2 Å². The second-order valence-electron chi connectivity index (χ2n) is 6.72. The molecular formula is C22H28N3O4P. The molecule has 0 fully saturated rings. The largest absolute Gasteiger partial charge is 0.460 e. The number of nitrogens with two attached hydrogens (primary N) is 1. The van der Waals surface area contributed by atoms with Crippen molar-refractivity contribution in [3.8, 4) is 0 Å². The maximum absolute atomic E-state index is 12.9. The zero-order valence-electron chi connectivity index (χ0n) is 16.8. The van der Waals surface area contributed by atoms with E-state index >= 15 is 0 Å². The van der Waals surface area contributed by atoms with Gasteiger partial charge in [0, 0.05) is 25.8 Å². The van der Waals surface area contributed by atoms with Crippen LogP contribution in [0.4, 0.5) is 0 Å². The molecule has 3 N–H and O–H groups in total. The molecule has 160 valence electrons. The second kappa shape index (κ2) is 12.7. The van der Waals surface area contributed by atoms with Crippen molar-refractivity contribution in [2.75, 3.05) is 19.4 Å². The van der Waals surface area contributed by atoms with Crippen LogP contribution in [0.25, 0.3) is 0 Å². The number of hydrogen-bond acceptors (Lipinski definition) is 5. The molecule has 0 heterocycles. The Bertz CT molecular complexity index is 818. The zero-order chi connectivity index (χ0) is 21.8. The summed E-state index contributed by atoms with van der Waals surface area (Å²) in [6.45, 7) is 0.803. The summed E-state index contributed by atoms with van der Waals surface area (Å²) in [6, 6.07) is 17.7. The number of amides is 2. The van der Waals surface area contributed by atoms with Crippen LogP contribution in [0.2, 0.25) is 0 Å². The van der Waals surface area contributed by atoms with Crippen LogP contribution in [0.15, 0.2) is 60.7 Å². The average molecular weight is 429 g/mol. The van der Waals surface area contributed by atoms with E-state index in [2.05, 4.69) is 14.6 Å². The average Bonchev–Trinajstić information content (AvgIpc) is 2.75. The molecule has 8 heteroatoms. The van der Waals surface area contributed by atoms with Crippen molar-refractivity contribution in [1.29, 1.82) is 0 Å². The van der Waals surface area contributed by atoms with Gasteiger partial charge in [-0.15, -0.1) is 9.24 Å². The molecule has 0 aliphatic carbocycles. The Morgan fingerprint density at radius 3 is 2.17 bits per heavy atom. The Morgan fingerprint density at radius 2 is 1.60 bits per heavy atom. The summed E-state index contributed by atoms with van der Waals surface area (Å²) in [7, 11) is 2.53. The van der Waals surface area contributed by atoms with Gasteiger partial charge in [0.15, 0.2) is 0 Å². The van der Waals surface area contributed by atoms with E-state index in [4.69, 9.17) is 10.5 Å². The van der Waals surface area contributed by atoms with E-state index in [-0.39, 0.29) is 19.6 Å². The van der Waals surface area contributed by atoms with Gasteiger partial charge in [-0.05, 0) is 11.1 Å². The highest BCUT2D eigenvalue weighted by molar-refractivity contribution is 7.16. The molecular weight excluding hydrogens is 401 g/mol. The molecule has 0 saturated carbocycles.